The van der Waals surface area contributed by atoms with Gasteiger partial charge in [-0.3, -0.25) is 4.79 Å². The molecule has 7 nitrogen and oxygen atoms in total. The lowest BCUT2D eigenvalue weighted by Gasteiger charge is -2.33. The minimum absolute atomic E-state index is 0.186. The van der Waals surface area contributed by atoms with Crippen LogP contribution in [0.1, 0.15) is 31.2 Å². The van der Waals surface area contributed by atoms with Crippen LogP contribution in [0.2, 0.25) is 0 Å². The maximum Gasteiger partial charge on any atom is 0.285 e. The first-order valence-corrected chi connectivity index (χ1v) is 10.9. The van der Waals surface area contributed by atoms with E-state index in [1.54, 1.807) is 18.2 Å². The average Bonchev–Trinajstić information content (AvgIpc) is 2.94. The van der Waals surface area contributed by atoms with Crippen LogP contribution in [0.5, 0.6) is 0 Å². The number of rotatable bonds is 6. The summed E-state index contributed by atoms with van der Waals surface area (Å²) in [5, 5.41) is 3.19. The van der Waals surface area contributed by atoms with Crippen LogP contribution in [0.3, 0.4) is 0 Å². The number of hydrogen-bond acceptors (Lipinski definition) is 5. The average molecular weight is 393 g/mol. The van der Waals surface area contributed by atoms with Gasteiger partial charge in [-0.05, 0) is 50.9 Å². The van der Waals surface area contributed by atoms with Crippen molar-refractivity contribution in [1.29, 1.82) is 0 Å². The van der Waals surface area contributed by atoms with Crippen molar-refractivity contribution in [2.45, 2.75) is 30.6 Å². The summed E-state index contributed by atoms with van der Waals surface area (Å²) < 4.78 is 28.2. The van der Waals surface area contributed by atoms with Gasteiger partial charge in [-0.1, -0.05) is 12.1 Å². The van der Waals surface area contributed by atoms with Crippen LogP contribution in [0.4, 0.5) is 0 Å². The van der Waals surface area contributed by atoms with E-state index in [9.17, 15) is 13.2 Å². The third-order valence-electron chi connectivity index (χ3n) is 5.22. The molecule has 2 aliphatic heterocycles. The Balaban J connectivity index is 1.53. The molecule has 0 aromatic heterocycles. The molecule has 1 unspecified atom stereocenters. The van der Waals surface area contributed by atoms with Gasteiger partial charge in [-0.15, -0.1) is 4.40 Å². The fourth-order valence-corrected chi connectivity index (χ4v) is 5.09. The molecule has 148 valence electrons. The number of nitrogens with zero attached hydrogens (tertiary/aromatic N) is 3. The lowest BCUT2D eigenvalue weighted by atomic mass is 9.97. The third-order valence-corrected chi connectivity index (χ3v) is 6.55. The Labute approximate surface area is 161 Å². The summed E-state index contributed by atoms with van der Waals surface area (Å²) in [5.41, 5.74) is 0.636. The molecule has 3 rings (SSSR count). The fourth-order valence-electron chi connectivity index (χ4n) is 3.84. The Hall–Kier alpha value is -1.93. The summed E-state index contributed by atoms with van der Waals surface area (Å²) in [6, 6.07) is 6.87. The number of amidine groups is 1. The largest absolute Gasteiger partial charge is 0.358 e. The number of sulfonamides is 1. The second-order valence-electron chi connectivity index (χ2n) is 7.32. The number of carbonyl (C=O) groups excluding carboxylic acids is 1. The number of likely N-dealkylation sites (tertiary alicyclic amines) is 1. The molecule has 0 spiro atoms. The first kappa shape index (κ1) is 19.8. The lowest BCUT2D eigenvalue weighted by molar-refractivity contribution is -0.133. The summed E-state index contributed by atoms with van der Waals surface area (Å²) in [4.78, 5) is 16.6. The zero-order valence-electron chi connectivity index (χ0n) is 16.0. The number of benzene rings is 1. The van der Waals surface area contributed by atoms with Crippen molar-refractivity contribution >= 4 is 21.8 Å². The van der Waals surface area contributed by atoms with E-state index in [1.807, 2.05) is 30.0 Å². The Morgan fingerprint density at radius 1 is 1.37 bits per heavy atom. The predicted octanol–water partition coefficient (Wildman–Crippen LogP) is 1.31. The molecule has 1 amide bonds. The number of nitrogens with one attached hydrogen (secondary N) is 1. The highest BCUT2D eigenvalue weighted by Crippen LogP contribution is 2.27. The first-order valence-electron chi connectivity index (χ1n) is 9.50. The van der Waals surface area contributed by atoms with Gasteiger partial charge in [0.1, 0.15) is 10.7 Å². The molecular weight excluding hydrogens is 364 g/mol. The van der Waals surface area contributed by atoms with E-state index in [0.717, 1.165) is 26.1 Å². The van der Waals surface area contributed by atoms with Crippen LogP contribution in [-0.2, 0) is 14.8 Å². The van der Waals surface area contributed by atoms with Crippen molar-refractivity contribution in [2.75, 3.05) is 40.3 Å². The highest BCUT2D eigenvalue weighted by Gasteiger charge is 2.30. The maximum absolute atomic E-state index is 12.5. The van der Waals surface area contributed by atoms with E-state index in [-0.39, 0.29) is 10.8 Å². The van der Waals surface area contributed by atoms with Gasteiger partial charge in [-0.25, -0.2) is 0 Å². The Morgan fingerprint density at radius 3 is 2.93 bits per heavy atom. The molecule has 2 heterocycles. The van der Waals surface area contributed by atoms with Crippen molar-refractivity contribution in [3.63, 3.8) is 0 Å². The highest BCUT2D eigenvalue weighted by atomic mass is 32.2. The number of hydrogen-bond donors (Lipinski definition) is 1. The SMILES string of the molecule is CNCC1CCCN(C(=O)CCCN(C)C2=NS(=O)(=O)c3ccccc32)C1. The zero-order valence-corrected chi connectivity index (χ0v) is 16.8. The van der Waals surface area contributed by atoms with Crippen LogP contribution in [0.15, 0.2) is 33.6 Å². The topological polar surface area (TPSA) is 82.1 Å². The zero-order chi connectivity index (χ0) is 19.4. The van der Waals surface area contributed by atoms with E-state index in [2.05, 4.69) is 9.71 Å². The van der Waals surface area contributed by atoms with Gasteiger partial charge in [-0.2, -0.15) is 8.42 Å². The van der Waals surface area contributed by atoms with Crippen molar-refractivity contribution in [3.8, 4) is 0 Å². The maximum atomic E-state index is 12.5. The van der Waals surface area contributed by atoms with Crippen molar-refractivity contribution in [1.82, 2.24) is 15.1 Å². The summed E-state index contributed by atoms with van der Waals surface area (Å²) in [6.45, 7) is 3.20. The lowest BCUT2D eigenvalue weighted by Crippen LogP contribution is -2.42. The Kier molecular flexibility index (Phi) is 6.16. The quantitative estimate of drug-likeness (QED) is 0.789. The highest BCUT2D eigenvalue weighted by molar-refractivity contribution is 7.90. The summed E-state index contributed by atoms with van der Waals surface area (Å²) in [7, 11) is 0.165. The molecule has 0 radical (unpaired) electrons. The van der Waals surface area contributed by atoms with Crippen LogP contribution >= 0.6 is 0 Å². The molecular formula is C19H28N4O3S. The number of fused-ring (bicyclic) bond motifs is 1. The molecule has 1 aromatic rings. The van der Waals surface area contributed by atoms with Gasteiger partial charge in [0.15, 0.2) is 0 Å². The number of amides is 1. The first-order chi connectivity index (χ1) is 12.9. The second-order valence-corrected chi connectivity index (χ2v) is 8.89. The van der Waals surface area contributed by atoms with Gasteiger partial charge in [0, 0.05) is 38.7 Å². The molecule has 1 atom stereocenters. The van der Waals surface area contributed by atoms with Gasteiger partial charge < -0.3 is 15.1 Å². The molecule has 0 saturated carbocycles. The summed E-state index contributed by atoms with van der Waals surface area (Å²) >= 11 is 0. The van der Waals surface area contributed by atoms with Crippen LogP contribution in [0.25, 0.3) is 0 Å². The van der Waals surface area contributed by atoms with Crippen LogP contribution < -0.4 is 5.32 Å². The van der Waals surface area contributed by atoms with Crippen LogP contribution in [0, 0.1) is 5.92 Å². The van der Waals surface area contributed by atoms with Gasteiger partial charge in [0.2, 0.25) is 5.91 Å². The Morgan fingerprint density at radius 2 is 2.15 bits per heavy atom. The smallest absolute Gasteiger partial charge is 0.285 e. The molecule has 1 saturated heterocycles. The van der Waals surface area contributed by atoms with Crippen LogP contribution in [-0.4, -0.2) is 70.2 Å². The van der Waals surface area contributed by atoms with E-state index in [0.29, 0.717) is 36.7 Å². The van der Waals surface area contributed by atoms with Crippen molar-refractivity contribution in [2.24, 2.45) is 10.3 Å². The van der Waals surface area contributed by atoms with E-state index >= 15 is 0 Å². The molecule has 1 aromatic carbocycles. The predicted molar refractivity (Wildman–Crippen MR) is 105 cm³/mol. The molecule has 2 aliphatic rings. The molecule has 0 bridgehead atoms. The third kappa shape index (κ3) is 4.50. The molecule has 8 heteroatoms. The number of carbonyl (C=O) groups is 1. The van der Waals surface area contributed by atoms with Gasteiger partial charge >= 0.3 is 0 Å². The molecule has 27 heavy (non-hydrogen) atoms. The van der Waals surface area contributed by atoms with Crippen molar-refractivity contribution < 1.29 is 13.2 Å². The standard InChI is InChI=1S/C19H28N4O3S/c1-20-13-15-7-5-12-23(14-15)18(24)10-6-11-22(2)19-16-8-3-4-9-17(16)27(25,26)21-19/h3-4,8-9,15,20H,5-7,10-14H2,1-2H3. The fraction of sp³-hybridized carbons (Fsp3) is 0.579. The van der Waals surface area contributed by atoms with Crippen molar-refractivity contribution in [3.05, 3.63) is 29.8 Å². The molecule has 1 fully saturated rings. The van der Waals surface area contributed by atoms with E-state index in [1.165, 1.54) is 6.42 Å². The minimum atomic E-state index is -3.60. The normalized spacial score (nSPS) is 20.9. The molecule has 1 N–H and O–H groups in total. The van der Waals surface area contributed by atoms with Gasteiger partial charge in [0.05, 0.1) is 0 Å². The van der Waals surface area contributed by atoms with Gasteiger partial charge in [0.25, 0.3) is 10.0 Å². The number of piperidine rings is 1. The summed E-state index contributed by atoms with van der Waals surface area (Å²) in [6.07, 6.45) is 3.37. The minimum Gasteiger partial charge on any atom is -0.358 e. The monoisotopic (exact) mass is 392 g/mol. The second kappa shape index (κ2) is 8.39. The molecule has 0 aliphatic carbocycles. The summed E-state index contributed by atoms with van der Waals surface area (Å²) in [5.74, 6) is 1.18. The Bertz CT molecular complexity index is 820. The van der Waals surface area contributed by atoms with E-state index in [4.69, 9.17) is 0 Å². The van der Waals surface area contributed by atoms with E-state index < -0.39 is 10.0 Å².